The van der Waals surface area contributed by atoms with Crippen molar-refractivity contribution in [3.8, 4) is 0 Å². The normalized spacial score (nSPS) is 44.7. The van der Waals surface area contributed by atoms with E-state index in [2.05, 4.69) is 0 Å². The smallest absolute Gasteiger partial charge is 0.111 e. The molecule has 1 aliphatic heterocycles. The lowest BCUT2D eigenvalue weighted by atomic mass is 10.1. The first-order valence-electron chi connectivity index (χ1n) is 3.44. The molecule has 5 nitrogen and oxygen atoms in total. The molecule has 0 spiro atoms. The second-order valence-corrected chi connectivity index (χ2v) is 2.56. The molecule has 1 rings (SSSR count). The Morgan fingerprint density at radius 1 is 0.909 bits per heavy atom. The van der Waals surface area contributed by atoms with Crippen LogP contribution in [0, 0.1) is 0 Å². The molecular formula is C6H12O5. The van der Waals surface area contributed by atoms with E-state index in [1.165, 1.54) is 0 Å². The summed E-state index contributed by atoms with van der Waals surface area (Å²) in [4.78, 5) is 0. The zero-order chi connectivity index (χ0) is 8.43. The fourth-order valence-corrected chi connectivity index (χ4v) is 1.13. The highest BCUT2D eigenvalue weighted by Gasteiger charge is 2.41. The van der Waals surface area contributed by atoms with Crippen LogP contribution in [0.5, 0.6) is 0 Å². The summed E-state index contributed by atoms with van der Waals surface area (Å²) < 4.78 is 4.88. The van der Waals surface area contributed by atoms with E-state index in [-0.39, 0.29) is 13.2 Å². The molecule has 0 aromatic carbocycles. The Balaban J connectivity index is 2.53. The van der Waals surface area contributed by atoms with Crippen LogP contribution in [0.4, 0.5) is 0 Å². The number of hydrogen-bond donors (Lipinski definition) is 4. The molecule has 5 heteroatoms. The maximum Gasteiger partial charge on any atom is 0.111 e. The fourth-order valence-electron chi connectivity index (χ4n) is 1.13. The van der Waals surface area contributed by atoms with Gasteiger partial charge in [0.05, 0.1) is 13.2 Å². The summed E-state index contributed by atoms with van der Waals surface area (Å²) in [5.74, 6) is 0. The van der Waals surface area contributed by atoms with Crippen molar-refractivity contribution in [3.05, 3.63) is 0 Å². The molecule has 1 fully saturated rings. The molecule has 1 heterocycles. The van der Waals surface area contributed by atoms with Crippen molar-refractivity contribution in [2.45, 2.75) is 24.4 Å². The Kier molecular flexibility index (Phi) is 2.80. The lowest BCUT2D eigenvalue weighted by Crippen LogP contribution is -2.34. The van der Waals surface area contributed by atoms with E-state index in [4.69, 9.17) is 25.2 Å². The minimum Gasteiger partial charge on any atom is -0.394 e. The van der Waals surface area contributed by atoms with Crippen LogP contribution in [0.1, 0.15) is 0 Å². The third-order valence-electron chi connectivity index (χ3n) is 1.82. The van der Waals surface area contributed by atoms with Gasteiger partial charge in [0.25, 0.3) is 0 Å². The van der Waals surface area contributed by atoms with Gasteiger partial charge in [0.15, 0.2) is 0 Å². The van der Waals surface area contributed by atoms with Crippen LogP contribution in [0.2, 0.25) is 0 Å². The highest BCUT2D eigenvalue weighted by Crippen LogP contribution is 2.20. The fraction of sp³-hybridized carbons (Fsp3) is 1.00. The van der Waals surface area contributed by atoms with Crippen molar-refractivity contribution in [2.24, 2.45) is 0 Å². The number of hydrogen-bond acceptors (Lipinski definition) is 5. The summed E-state index contributed by atoms with van der Waals surface area (Å²) >= 11 is 0. The van der Waals surface area contributed by atoms with E-state index < -0.39 is 24.4 Å². The molecule has 0 radical (unpaired) electrons. The topological polar surface area (TPSA) is 90.2 Å². The minimum atomic E-state index is -1.10. The van der Waals surface area contributed by atoms with Gasteiger partial charge < -0.3 is 25.2 Å². The maximum absolute atomic E-state index is 9.11. The van der Waals surface area contributed by atoms with Crippen molar-refractivity contribution in [2.75, 3.05) is 13.2 Å². The summed E-state index contributed by atoms with van der Waals surface area (Å²) in [5, 5.41) is 35.4. The van der Waals surface area contributed by atoms with Crippen molar-refractivity contribution < 1.29 is 25.2 Å². The molecule has 0 saturated carbocycles. The first-order chi connectivity index (χ1) is 5.20. The summed E-state index contributed by atoms with van der Waals surface area (Å²) in [5.41, 5.74) is 0. The summed E-state index contributed by atoms with van der Waals surface area (Å²) in [6, 6.07) is 0. The first kappa shape index (κ1) is 8.89. The molecule has 2 unspecified atom stereocenters. The highest BCUT2D eigenvalue weighted by atomic mass is 16.6. The first-order valence-corrected chi connectivity index (χ1v) is 3.44. The Labute approximate surface area is 63.8 Å². The average molecular weight is 164 g/mol. The van der Waals surface area contributed by atoms with Crippen LogP contribution < -0.4 is 0 Å². The van der Waals surface area contributed by atoms with Gasteiger partial charge in [0, 0.05) is 0 Å². The van der Waals surface area contributed by atoms with E-state index in [9.17, 15) is 0 Å². The van der Waals surface area contributed by atoms with Crippen molar-refractivity contribution in [3.63, 3.8) is 0 Å². The predicted molar refractivity (Wildman–Crippen MR) is 34.8 cm³/mol. The zero-order valence-electron chi connectivity index (χ0n) is 5.92. The van der Waals surface area contributed by atoms with Gasteiger partial charge in [0.2, 0.25) is 0 Å². The lowest BCUT2D eigenvalue weighted by Gasteiger charge is -2.10. The molecule has 66 valence electrons. The molecule has 0 aliphatic carbocycles. The standard InChI is InChI=1S/C6H12O5/c7-1-3-5(9)6(10)4(2-8)11-3/h3-10H,1-2H2/t3-,4+,5?,6?. The number of rotatable bonds is 2. The third-order valence-corrected chi connectivity index (χ3v) is 1.82. The molecule has 0 aromatic heterocycles. The highest BCUT2D eigenvalue weighted by molar-refractivity contribution is 4.89. The number of aliphatic hydroxyl groups excluding tert-OH is 4. The Bertz CT molecular complexity index is 110. The SMILES string of the molecule is OC[C@@H]1O[C@H](CO)C(O)C1O. The monoisotopic (exact) mass is 164 g/mol. The van der Waals surface area contributed by atoms with Gasteiger partial charge >= 0.3 is 0 Å². The van der Waals surface area contributed by atoms with Gasteiger partial charge in [-0.2, -0.15) is 0 Å². The lowest BCUT2D eigenvalue weighted by molar-refractivity contribution is -0.0395. The van der Waals surface area contributed by atoms with E-state index in [1.54, 1.807) is 0 Å². The van der Waals surface area contributed by atoms with Crippen LogP contribution in [-0.4, -0.2) is 58.1 Å². The van der Waals surface area contributed by atoms with Gasteiger partial charge in [0.1, 0.15) is 24.4 Å². The average Bonchev–Trinajstić information content (AvgIpc) is 2.30. The van der Waals surface area contributed by atoms with Gasteiger partial charge in [-0.25, -0.2) is 0 Å². The largest absolute Gasteiger partial charge is 0.394 e. The van der Waals surface area contributed by atoms with Crippen molar-refractivity contribution >= 4 is 0 Å². The van der Waals surface area contributed by atoms with Crippen LogP contribution in [0.3, 0.4) is 0 Å². The van der Waals surface area contributed by atoms with Crippen LogP contribution in [-0.2, 0) is 4.74 Å². The molecule has 11 heavy (non-hydrogen) atoms. The van der Waals surface area contributed by atoms with Crippen molar-refractivity contribution in [1.29, 1.82) is 0 Å². The Hall–Kier alpha value is -0.200. The quantitative estimate of drug-likeness (QED) is 0.361. The van der Waals surface area contributed by atoms with Crippen LogP contribution in [0.15, 0.2) is 0 Å². The Morgan fingerprint density at radius 2 is 1.27 bits per heavy atom. The molecule has 1 saturated heterocycles. The molecule has 4 N–H and O–H groups in total. The Morgan fingerprint density at radius 3 is 1.45 bits per heavy atom. The molecule has 4 atom stereocenters. The zero-order valence-corrected chi connectivity index (χ0v) is 5.92. The van der Waals surface area contributed by atoms with Crippen molar-refractivity contribution in [1.82, 2.24) is 0 Å². The molecule has 0 bridgehead atoms. The van der Waals surface area contributed by atoms with E-state index in [1.807, 2.05) is 0 Å². The van der Waals surface area contributed by atoms with Crippen LogP contribution in [0.25, 0.3) is 0 Å². The van der Waals surface area contributed by atoms with Gasteiger partial charge in [-0.15, -0.1) is 0 Å². The van der Waals surface area contributed by atoms with Gasteiger partial charge in [-0.05, 0) is 0 Å². The van der Waals surface area contributed by atoms with Gasteiger partial charge in [-0.1, -0.05) is 0 Å². The predicted octanol–water partition coefficient (Wildman–Crippen LogP) is -2.54. The second kappa shape index (κ2) is 3.46. The number of ether oxygens (including phenoxy) is 1. The number of aliphatic hydroxyl groups is 4. The van der Waals surface area contributed by atoms with E-state index >= 15 is 0 Å². The van der Waals surface area contributed by atoms with Crippen LogP contribution >= 0.6 is 0 Å². The third kappa shape index (κ3) is 1.52. The van der Waals surface area contributed by atoms with E-state index in [0.717, 1.165) is 0 Å². The van der Waals surface area contributed by atoms with E-state index in [0.29, 0.717) is 0 Å². The molecular weight excluding hydrogens is 152 g/mol. The summed E-state index contributed by atoms with van der Waals surface area (Å²) in [6.07, 6.45) is -3.75. The summed E-state index contributed by atoms with van der Waals surface area (Å²) in [6.45, 7) is -0.705. The second-order valence-electron chi connectivity index (χ2n) is 2.56. The molecule has 0 aromatic rings. The molecule has 0 amide bonds. The maximum atomic E-state index is 9.11. The minimum absolute atomic E-state index is 0.352. The molecule has 1 aliphatic rings. The summed E-state index contributed by atoms with van der Waals surface area (Å²) in [7, 11) is 0. The van der Waals surface area contributed by atoms with Gasteiger partial charge in [-0.3, -0.25) is 0 Å².